The van der Waals surface area contributed by atoms with E-state index in [9.17, 15) is 8.78 Å². The van der Waals surface area contributed by atoms with Crippen LogP contribution < -0.4 is 10.9 Å². The minimum Gasteiger partial charge on any atom is -0.399 e. The van der Waals surface area contributed by atoms with E-state index in [1.165, 1.54) is 48.6 Å². The van der Waals surface area contributed by atoms with Gasteiger partial charge in [-0.15, -0.1) is 0 Å². The predicted molar refractivity (Wildman–Crippen MR) is 272 cm³/mol. The number of aromatic amines is 2. The van der Waals surface area contributed by atoms with Crippen molar-refractivity contribution >= 4 is 71.5 Å². The number of rotatable bonds is 6. The van der Waals surface area contributed by atoms with Gasteiger partial charge in [0.25, 0.3) is 0 Å². The molecule has 0 unspecified atom stereocenters. The van der Waals surface area contributed by atoms with Crippen LogP contribution in [0.4, 0.5) is 43.9 Å². The van der Waals surface area contributed by atoms with E-state index in [1.54, 1.807) is 48.5 Å². The van der Waals surface area contributed by atoms with Gasteiger partial charge in [-0.2, -0.15) is 0 Å². The molecule has 3 aromatic heterocycles. The van der Waals surface area contributed by atoms with Gasteiger partial charge in [0, 0.05) is 44.3 Å². The third-order valence-electron chi connectivity index (χ3n) is 15.1. The number of hydrogen-bond donors (Lipinski definition) is 2. The van der Waals surface area contributed by atoms with Crippen molar-refractivity contribution in [3.63, 3.8) is 0 Å². The molecule has 0 amide bonds. The summed E-state index contributed by atoms with van der Waals surface area (Å²) in [5, 5.41) is 0. The molecule has 8 bridgehead atoms. The first kappa shape index (κ1) is 50.9. The molecule has 2 fully saturated rings. The van der Waals surface area contributed by atoms with Crippen LogP contribution in [0.3, 0.4) is 0 Å². The first-order valence-corrected chi connectivity index (χ1v) is 23.9. The van der Waals surface area contributed by atoms with Gasteiger partial charge in [0.2, 0.25) is 11.6 Å². The van der Waals surface area contributed by atoms with Crippen LogP contribution in [0.5, 0.6) is 0 Å². The van der Waals surface area contributed by atoms with Gasteiger partial charge in [-0.3, -0.25) is 0 Å². The van der Waals surface area contributed by atoms with Crippen LogP contribution >= 0.6 is 0 Å². The van der Waals surface area contributed by atoms with Crippen molar-refractivity contribution in [1.82, 2.24) is 19.9 Å². The standard InChI is InChI=1S/C56H42B2F10N4O4/c1-53(2)54(3,4)74-57(73-53)27-13-9-25(10-14-27)37-29-17-21-33(69-29)39(41-43(59)47(63)51(67)48(64)44(41)60)35-23-19-31(71-35)38(26-11-15-28(16-12-26)58-75-55(5,6)56(7,8)76-58)32-20-24-36(72-32)40(34-22-18-30(37)70-34)42-45(61)49(65)52(68)50(66)46(42)62/h9-24,69,72H,1-8H3. The lowest BCUT2D eigenvalue weighted by Crippen LogP contribution is -2.41. The molecule has 0 saturated carbocycles. The highest BCUT2D eigenvalue weighted by atomic mass is 19.2. The van der Waals surface area contributed by atoms with Crippen molar-refractivity contribution in [1.29, 1.82) is 0 Å². The van der Waals surface area contributed by atoms with E-state index >= 15 is 35.1 Å². The second kappa shape index (κ2) is 17.7. The molecule has 7 heterocycles. The van der Waals surface area contributed by atoms with Gasteiger partial charge < -0.3 is 28.6 Å². The molecule has 0 atom stereocenters. The molecule has 0 aliphatic carbocycles. The Kier molecular flexibility index (Phi) is 11.8. The highest BCUT2D eigenvalue weighted by molar-refractivity contribution is 6.62. The quantitative estimate of drug-likeness (QED) is 0.0746. The van der Waals surface area contributed by atoms with E-state index in [0.29, 0.717) is 22.1 Å². The van der Waals surface area contributed by atoms with E-state index in [-0.39, 0.29) is 56.0 Å². The van der Waals surface area contributed by atoms with E-state index < -0.39 is 117 Å². The zero-order chi connectivity index (χ0) is 54.3. The van der Waals surface area contributed by atoms with Crippen molar-refractivity contribution in [3.8, 4) is 44.5 Å². The molecule has 4 aliphatic heterocycles. The van der Waals surface area contributed by atoms with Gasteiger partial charge in [0.1, 0.15) is 0 Å². The molecule has 4 aliphatic rings. The lowest BCUT2D eigenvalue weighted by Gasteiger charge is -2.32. The number of aromatic nitrogens is 4. The molecule has 0 radical (unpaired) electrons. The molecular formula is C56H42B2F10N4O4. The predicted octanol–water partition coefficient (Wildman–Crippen LogP) is 13.3. The zero-order valence-corrected chi connectivity index (χ0v) is 41.7. The van der Waals surface area contributed by atoms with E-state index in [4.69, 9.17) is 28.6 Å². The SMILES string of the molecule is CC1(C)OB(c2ccc(-c3c4nc(c(-c5c(F)c(F)c(F)c(F)c5F)c5ccc([nH]5)c(-c5ccc(B6OC(C)(C)C(C)(C)O6)cc5)c5nc(c(-c6c(F)c(F)c(F)c(F)c6F)c6ccc3[nH]6)C=C5)C=C4)cc2)OC1(C)C. The maximum atomic E-state index is 16.2. The van der Waals surface area contributed by atoms with Gasteiger partial charge in [-0.05, 0) is 126 Å². The fourth-order valence-corrected chi connectivity index (χ4v) is 9.56. The lowest BCUT2D eigenvalue weighted by atomic mass is 9.78. The summed E-state index contributed by atoms with van der Waals surface area (Å²) in [6.07, 6.45) is 5.44. The van der Waals surface area contributed by atoms with Crippen LogP contribution in [0.1, 0.15) is 78.2 Å². The highest BCUT2D eigenvalue weighted by Gasteiger charge is 2.53. The molecule has 2 N–H and O–H groups in total. The van der Waals surface area contributed by atoms with Crippen molar-refractivity contribution in [2.24, 2.45) is 0 Å². The number of nitrogens with one attached hydrogen (secondary N) is 2. The fourth-order valence-electron chi connectivity index (χ4n) is 9.56. The minimum atomic E-state index is -2.38. The van der Waals surface area contributed by atoms with Crippen molar-refractivity contribution in [2.45, 2.75) is 77.8 Å². The number of hydrogen-bond acceptors (Lipinski definition) is 6. The third kappa shape index (κ3) is 7.93. The van der Waals surface area contributed by atoms with Crippen molar-refractivity contribution in [2.75, 3.05) is 0 Å². The second-order valence-electron chi connectivity index (χ2n) is 20.8. The molecule has 2 saturated heterocycles. The van der Waals surface area contributed by atoms with Gasteiger partial charge >= 0.3 is 14.2 Å². The smallest absolute Gasteiger partial charge is 0.399 e. The van der Waals surface area contributed by atoms with Crippen LogP contribution in [0.15, 0.2) is 72.8 Å². The van der Waals surface area contributed by atoms with Crippen LogP contribution in [0.2, 0.25) is 0 Å². The Balaban J connectivity index is 1.24. The molecular weight excluding hydrogens is 1000 g/mol. The molecule has 20 heteroatoms. The summed E-state index contributed by atoms with van der Waals surface area (Å²) in [6, 6.07) is 19.0. The topological polar surface area (TPSA) is 94.3 Å². The summed E-state index contributed by atoms with van der Waals surface area (Å²) in [6.45, 7) is 15.0. The maximum absolute atomic E-state index is 16.2. The van der Waals surface area contributed by atoms with Crippen LogP contribution in [0, 0.1) is 58.2 Å². The Morgan fingerprint density at radius 2 is 0.553 bits per heavy atom. The van der Waals surface area contributed by atoms with E-state index in [2.05, 4.69) is 9.97 Å². The number of benzene rings is 4. The molecule has 0 spiro atoms. The fraction of sp³-hybridized carbons (Fsp3) is 0.214. The molecule has 386 valence electrons. The summed E-state index contributed by atoms with van der Waals surface area (Å²) in [4.78, 5) is 15.7. The monoisotopic (exact) mass is 1050 g/mol. The first-order chi connectivity index (χ1) is 35.8. The summed E-state index contributed by atoms with van der Waals surface area (Å²) in [5.41, 5.74) is -4.69. The largest absolute Gasteiger partial charge is 0.494 e. The average Bonchev–Trinajstić information content (AvgIpc) is 4.26. The summed E-state index contributed by atoms with van der Waals surface area (Å²) >= 11 is 0. The Morgan fingerprint density at radius 3 is 0.829 bits per heavy atom. The lowest BCUT2D eigenvalue weighted by molar-refractivity contribution is 0.00578. The number of H-pyrrole nitrogens is 2. The summed E-state index contributed by atoms with van der Waals surface area (Å²) in [5.74, 6) is -22.1. The Hall–Kier alpha value is -7.25. The van der Waals surface area contributed by atoms with Crippen LogP contribution in [0.25, 0.3) is 90.9 Å². The molecule has 8 nitrogen and oxygen atoms in total. The van der Waals surface area contributed by atoms with Crippen LogP contribution in [-0.4, -0.2) is 56.6 Å². The van der Waals surface area contributed by atoms with Crippen LogP contribution in [-0.2, 0) is 18.6 Å². The average molecular weight is 1050 g/mol. The molecule has 76 heavy (non-hydrogen) atoms. The summed E-state index contributed by atoms with van der Waals surface area (Å²) < 4.78 is 181. The molecule has 11 rings (SSSR count). The van der Waals surface area contributed by atoms with Crippen molar-refractivity contribution in [3.05, 3.63) is 154 Å². The number of nitrogens with zero attached hydrogens (tertiary/aromatic N) is 2. The van der Waals surface area contributed by atoms with Gasteiger partial charge in [0.05, 0.1) is 56.3 Å². The summed E-state index contributed by atoms with van der Waals surface area (Å²) in [7, 11) is -1.60. The van der Waals surface area contributed by atoms with Gasteiger partial charge in [-0.25, -0.2) is 53.9 Å². The molecule has 4 aromatic carbocycles. The normalized spacial score (nSPS) is 17.1. The third-order valence-corrected chi connectivity index (χ3v) is 15.1. The Bertz CT molecular complexity index is 3530. The zero-order valence-electron chi connectivity index (χ0n) is 41.7. The van der Waals surface area contributed by atoms with E-state index in [0.717, 1.165) is 0 Å². The molecule has 7 aromatic rings. The Labute approximate surface area is 428 Å². The number of halogens is 10. The van der Waals surface area contributed by atoms with Gasteiger partial charge in [0.15, 0.2) is 46.5 Å². The number of fused-ring (bicyclic) bond motifs is 8. The van der Waals surface area contributed by atoms with E-state index in [1.807, 2.05) is 55.4 Å². The first-order valence-electron chi connectivity index (χ1n) is 23.9. The minimum absolute atomic E-state index is 0.0351. The van der Waals surface area contributed by atoms with Crippen molar-refractivity contribution < 1.29 is 62.5 Å². The second-order valence-corrected chi connectivity index (χ2v) is 20.8. The highest BCUT2D eigenvalue weighted by Crippen LogP contribution is 2.44. The Morgan fingerprint density at radius 1 is 0.316 bits per heavy atom. The maximum Gasteiger partial charge on any atom is 0.494 e. The van der Waals surface area contributed by atoms with Gasteiger partial charge in [-0.1, -0.05) is 48.5 Å².